The van der Waals surface area contributed by atoms with Crippen molar-refractivity contribution in [3.05, 3.63) is 18.5 Å². The molecule has 0 radical (unpaired) electrons. The van der Waals surface area contributed by atoms with Crippen LogP contribution in [0.4, 0.5) is 4.79 Å². The number of hydrogen-bond donors (Lipinski definition) is 0. The van der Waals surface area contributed by atoms with Gasteiger partial charge in [-0.3, -0.25) is 9.58 Å². The molecule has 1 aromatic heterocycles. The van der Waals surface area contributed by atoms with Gasteiger partial charge in [0, 0.05) is 30.4 Å². The highest BCUT2D eigenvalue weighted by molar-refractivity contribution is 5.83. The highest BCUT2D eigenvalue weighted by atomic mass is 16.6. The summed E-state index contributed by atoms with van der Waals surface area (Å²) < 4.78 is 12.6. The van der Waals surface area contributed by atoms with Gasteiger partial charge in [0.15, 0.2) is 0 Å². The minimum Gasteiger partial charge on any atom is -0.464 e. The summed E-state index contributed by atoms with van der Waals surface area (Å²) in [5.41, 5.74) is -0.710. The predicted octanol–water partition coefficient (Wildman–Crippen LogP) is 2.21. The van der Waals surface area contributed by atoms with Crippen molar-refractivity contribution < 1.29 is 19.1 Å². The first-order chi connectivity index (χ1) is 11.3. The number of aromatic nitrogens is 2. The Morgan fingerprint density at radius 2 is 2.08 bits per heavy atom. The fourth-order valence-corrected chi connectivity index (χ4v) is 3.60. The molecule has 1 aliphatic carbocycles. The molecular formula is C17H25N3O4. The molecule has 1 saturated heterocycles. The van der Waals surface area contributed by atoms with E-state index in [0.717, 1.165) is 6.42 Å². The fraction of sp³-hybridized carbons (Fsp3) is 0.706. The molecule has 0 bridgehead atoms. The first kappa shape index (κ1) is 16.8. The molecule has 7 heteroatoms. The van der Waals surface area contributed by atoms with Gasteiger partial charge in [-0.1, -0.05) is 0 Å². The summed E-state index contributed by atoms with van der Waals surface area (Å²) in [6, 6.07) is 1.30. The molecule has 132 valence electrons. The summed E-state index contributed by atoms with van der Waals surface area (Å²) in [4.78, 5) is 26.6. The topological polar surface area (TPSA) is 73.7 Å². The number of carbonyl (C=O) groups excluding carboxylic acids is 2. The third-order valence-electron chi connectivity index (χ3n) is 4.62. The SMILES string of the molecule is CCOC(=O)[C@@H]1C[C@@]2(Cn3cccn3)CC2N1C(=O)OC(C)(C)C. The Kier molecular flexibility index (Phi) is 4.05. The second-order valence-electron chi connectivity index (χ2n) is 7.65. The Hall–Kier alpha value is -2.05. The first-order valence-corrected chi connectivity index (χ1v) is 8.41. The molecule has 3 rings (SSSR count). The van der Waals surface area contributed by atoms with Gasteiger partial charge < -0.3 is 9.47 Å². The van der Waals surface area contributed by atoms with E-state index in [1.54, 1.807) is 18.0 Å². The maximum absolute atomic E-state index is 12.6. The number of ether oxygens (including phenoxy) is 2. The van der Waals surface area contributed by atoms with Crippen LogP contribution in [0.3, 0.4) is 0 Å². The quantitative estimate of drug-likeness (QED) is 0.789. The van der Waals surface area contributed by atoms with Crippen molar-refractivity contribution in [1.82, 2.24) is 14.7 Å². The summed E-state index contributed by atoms with van der Waals surface area (Å²) in [6.07, 6.45) is 4.65. The number of fused-ring (bicyclic) bond motifs is 1. The van der Waals surface area contributed by atoms with Crippen molar-refractivity contribution in [2.75, 3.05) is 6.61 Å². The molecule has 0 N–H and O–H groups in total. The molecule has 0 aromatic carbocycles. The Morgan fingerprint density at radius 1 is 1.33 bits per heavy atom. The molecular weight excluding hydrogens is 310 g/mol. The van der Waals surface area contributed by atoms with Crippen molar-refractivity contribution in [2.24, 2.45) is 5.41 Å². The normalized spacial score (nSPS) is 28.4. The molecule has 0 spiro atoms. The van der Waals surface area contributed by atoms with Gasteiger partial charge in [0.05, 0.1) is 6.61 Å². The van der Waals surface area contributed by atoms with Gasteiger partial charge in [-0.25, -0.2) is 9.59 Å². The van der Waals surface area contributed by atoms with Gasteiger partial charge in [-0.15, -0.1) is 0 Å². The van der Waals surface area contributed by atoms with Gasteiger partial charge in [0.1, 0.15) is 11.6 Å². The van der Waals surface area contributed by atoms with E-state index in [1.807, 2.05) is 37.7 Å². The standard InChI is InChI=1S/C17H25N3O4/c1-5-23-14(21)12-9-17(11-19-8-6-7-18-19)10-13(17)20(12)15(22)24-16(2,3)4/h6-8,12-13H,5,9-11H2,1-4H3/t12-,13?,17-/m0/s1. The molecule has 1 aromatic rings. The molecule has 2 heterocycles. The predicted molar refractivity (Wildman–Crippen MR) is 86.2 cm³/mol. The van der Waals surface area contributed by atoms with E-state index in [-0.39, 0.29) is 17.4 Å². The average molecular weight is 335 g/mol. The van der Waals surface area contributed by atoms with Crippen LogP contribution in [0.1, 0.15) is 40.5 Å². The summed E-state index contributed by atoms with van der Waals surface area (Å²) in [5, 5.41) is 4.25. The van der Waals surface area contributed by atoms with Crippen LogP contribution in [0.5, 0.6) is 0 Å². The highest BCUT2D eigenvalue weighted by Crippen LogP contribution is 2.60. The zero-order valence-corrected chi connectivity index (χ0v) is 14.7. The van der Waals surface area contributed by atoms with Gasteiger partial charge in [0.2, 0.25) is 0 Å². The van der Waals surface area contributed by atoms with E-state index >= 15 is 0 Å². The maximum atomic E-state index is 12.6. The molecule has 2 fully saturated rings. The van der Waals surface area contributed by atoms with Crippen LogP contribution in [0, 0.1) is 5.41 Å². The van der Waals surface area contributed by atoms with Gasteiger partial charge in [-0.05, 0) is 46.6 Å². The number of amides is 1. The van der Waals surface area contributed by atoms with E-state index in [2.05, 4.69) is 5.10 Å². The maximum Gasteiger partial charge on any atom is 0.411 e. The van der Waals surface area contributed by atoms with E-state index in [4.69, 9.17) is 9.47 Å². The number of likely N-dealkylation sites (tertiary alicyclic amines) is 1. The zero-order valence-electron chi connectivity index (χ0n) is 14.7. The summed E-state index contributed by atoms with van der Waals surface area (Å²) >= 11 is 0. The minimum atomic E-state index is -0.599. The Morgan fingerprint density at radius 3 is 2.67 bits per heavy atom. The van der Waals surface area contributed by atoms with Gasteiger partial charge in [0.25, 0.3) is 0 Å². The molecule has 3 atom stereocenters. The number of rotatable bonds is 4. The van der Waals surface area contributed by atoms with Crippen LogP contribution in [-0.4, -0.2) is 51.0 Å². The highest BCUT2D eigenvalue weighted by Gasteiger charge is 2.68. The second kappa shape index (κ2) is 5.79. The van der Waals surface area contributed by atoms with Crippen LogP contribution >= 0.6 is 0 Å². The van der Waals surface area contributed by atoms with Crippen LogP contribution in [0.25, 0.3) is 0 Å². The molecule has 1 saturated carbocycles. The number of esters is 1. The van der Waals surface area contributed by atoms with Crippen LogP contribution in [-0.2, 0) is 20.8 Å². The molecule has 1 amide bonds. The second-order valence-corrected chi connectivity index (χ2v) is 7.65. The Bertz CT molecular complexity index is 622. The van der Waals surface area contributed by atoms with Crippen molar-refractivity contribution in [2.45, 2.75) is 64.8 Å². The van der Waals surface area contributed by atoms with E-state index in [0.29, 0.717) is 19.6 Å². The molecule has 2 aliphatic rings. The molecule has 24 heavy (non-hydrogen) atoms. The summed E-state index contributed by atoms with van der Waals surface area (Å²) in [7, 11) is 0. The van der Waals surface area contributed by atoms with E-state index in [1.165, 1.54) is 0 Å². The number of carbonyl (C=O) groups is 2. The third-order valence-corrected chi connectivity index (χ3v) is 4.62. The smallest absolute Gasteiger partial charge is 0.411 e. The van der Waals surface area contributed by atoms with Gasteiger partial charge >= 0.3 is 12.1 Å². The lowest BCUT2D eigenvalue weighted by Crippen LogP contribution is -2.46. The van der Waals surface area contributed by atoms with E-state index < -0.39 is 17.7 Å². The fourth-order valence-electron chi connectivity index (χ4n) is 3.60. The molecule has 1 aliphatic heterocycles. The zero-order chi connectivity index (χ0) is 17.5. The largest absolute Gasteiger partial charge is 0.464 e. The van der Waals surface area contributed by atoms with E-state index in [9.17, 15) is 9.59 Å². The van der Waals surface area contributed by atoms with Crippen LogP contribution in [0.15, 0.2) is 18.5 Å². The summed E-state index contributed by atoms with van der Waals surface area (Å²) in [5.74, 6) is -0.351. The minimum absolute atomic E-state index is 0.00551. The number of nitrogens with zero attached hydrogens (tertiary/aromatic N) is 3. The third kappa shape index (κ3) is 3.12. The monoisotopic (exact) mass is 335 g/mol. The van der Waals surface area contributed by atoms with Crippen LogP contribution < -0.4 is 0 Å². The number of piperidine rings is 1. The Labute approximate surface area is 141 Å². The molecule has 1 unspecified atom stereocenters. The van der Waals surface area contributed by atoms with Crippen molar-refractivity contribution >= 4 is 12.1 Å². The summed E-state index contributed by atoms with van der Waals surface area (Å²) in [6.45, 7) is 8.23. The lowest BCUT2D eigenvalue weighted by Gasteiger charge is -2.29. The van der Waals surface area contributed by atoms with Crippen LogP contribution in [0.2, 0.25) is 0 Å². The molecule has 7 nitrogen and oxygen atoms in total. The first-order valence-electron chi connectivity index (χ1n) is 8.41. The number of hydrogen-bond acceptors (Lipinski definition) is 5. The lowest BCUT2D eigenvalue weighted by atomic mass is 9.99. The van der Waals surface area contributed by atoms with Gasteiger partial charge in [-0.2, -0.15) is 5.10 Å². The average Bonchev–Trinajstić information content (AvgIpc) is 2.85. The van der Waals surface area contributed by atoms with Crippen molar-refractivity contribution in [3.63, 3.8) is 0 Å². The van der Waals surface area contributed by atoms with Crippen molar-refractivity contribution in [1.29, 1.82) is 0 Å². The van der Waals surface area contributed by atoms with Crippen molar-refractivity contribution in [3.8, 4) is 0 Å². The Balaban J connectivity index is 1.79. The lowest BCUT2D eigenvalue weighted by molar-refractivity contribution is -0.149.